The Kier molecular flexibility index (Phi) is 5.22. The predicted octanol–water partition coefficient (Wildman–Crippen LogP) is 2.39. The molecule has 0 spiro atoms. The van der Waals surface area contributed by atoms with E-state index in [2.05, 4.69) is 46.6 Å². The monoisotopic (exact) mass is 382 g/mol. The summed E-state index contributed by atoms with van der Waals surface area (Å²) in [6.07, 6.45) is 3.31. The molecule has 0 aliphatic carbocycles. The van der Waals surface area contributed by atoms with Crippen LogP contribution in [-0.4, -0.2) is 39.1 Å². The highest BCUT2D eigenvalue weighted by Gasteiger charge is 2.33. The number of rotatable bonds is 4. The molecule has 0 aromatic carbocycles. The maximum Gasteiger partial charge on any atom is 0.319 e. The van der Waals surface area contributed by atoms with Crippen LogP contribution >= 0.6 is 0 Å². The topological polar surface area (TPSA) is 103 Å². The summed E-state index contributed by atoms with van der Waals surface area (Å²) in [6.45, 7) is 8.38. The smallest absolute Gasteiger partial charge is 0.319 e. The van der Waals surface area contributed by atoms with Gasteiger partial charge in [0.1, 0.15) is 0 Å². The van der Waals surface area contributed by atoms with E-state index >= 15 is 0 Å². The first kappa shape index (κ1) is 19.6. The number of nitrogens with zero attached hydrogens (tertiary/aromatic N) is 3. The molecule has 0 radical (unpaired) electrons. The largest absolute Gasteiger partial charge is 0.336 e. The average molecular weight is 382 g/mol. The van der Waals surface area contributed by atoms with Gasteiger partial charge < -0.3 is 15.5 Å². The molecule has 0 bridgehead atoms. The Labute approximate surface area is 164 Å². The first-order chi connectivity index (χ1) is 13.2. The van der Waals surface area contributed by atoms with Gasteiger partial charge in [0, 0.05) is 30.6 Å². The zero-order chi connectivity index (χ0) is 20.5. The van der Waals surface area contributed by atoms with Crippen LogP contribution in [0.2, 0.25) is 0 Å². The minimum absolute atomic E-state index is 0.0700. The van der Waals surface area contributed by atoms with E-state index in [9.17, 15) is 9.59 Å². The van der Waals surface area contributed by atoms with Gasteiger partial charge in [-0.3, -0.25) is 14.9 Å². The summed E-state index contributed by atoms with van der Waals surface area (Å²) in [4.78, 5) is 30.9. The molecule has 8 heteroatoms. The third-order valence-corrected chi connectivity index (χ3v) is 4.67. The predicted molar refractivity (Wildman–Crippen MR) is 105 cm³/mol. The minimum Gasteiger partial charge on any atom is -0.336 e. The fourth-order valence-corrected chi connectivity index (χ4v) is 3.13. The van der Waals surface area contributed by atoms with Crippen molar-refractivity contribution in [2.45, 2.75) is 45.7 Å². The highest BCUT2D eigenvalue weighted by Crippen LogP contribution is 2.28. The SMILES string of the molecule is CC1=C(C(=O)N(C)Cc2cc(C(C)(C)C)n[nH]2)C(c2cccnc2)NC(=O)N1. The van der Waals surface area contributed by atoms with Crippen LogP contribution in [0.3, 0.4) is 0 Å². The lowest BCUT2D eigenvalue weighted by Crippen LogP contribution is -2.47. The van der Waals surface area contributed by atoms with Crippen LogP contribution in [-0.2, 0) is 16.8 Å². The van der Waals surface area contributed by atoms with Gasteiger partial charge in [-0.1, -0.05) is 26.8 Å². The first-order valence-electron chi connectivity index (χ1n) is 9.15. The third-order valence-electron chi connectivity index (χ3n) is 4.67. The maximum absolute atomic E-state index is 13.2. The van der Waals surface area contributed by atoms with E-state index in [0.29, 0.717) is 17.8 Å². The Morgan fingerprint density at radius 1 is 1.32 bits per heavy atom. The standard InChI is InChI=1S/C20H26N6O2/c1-12-16(17(23-19(28)22-12)13-7-6-8-21-10-13)18(27)26(5)11-14-9-15(25-24-14)20(2,3)4/h6-10,17H,11H2,1-5H3,(H,24,25)(H2,22,23,28). The Balaban J connectivity index is 1.85. The van der Waals surface area contributed by atoms with Crippen molar-refractivity contribution >= 4 is 11.9 Å². The van der Waals surface area contributed by atoms with Gasteiger partial charge >= 0.3 is 6.03 Å². The maximum atomic E-state index is 13.2. The lowest BCUT2D eigenvalue weighted by Gasteiger charge is -2.30. The molecule has 0 saturated heterocycles. The summed E-state index contributed by atoms with van der Waals surface area (Å²) >= 11 is 0. The van der Waals surface area contributed by atoms with Crippen molar-refractivity contribution in [3.05, 3.63) is 58.8 Å². The number of carbonyl (C=O) groups is 2. The lowest BCUT2D eigenvalue weighted by atomic mass is 9.92. The molecule has 2 aromatic heterocycles. The van der Waals surface area contributed by atoms with Crippen molar-refractivity contribution in [1.82, 2.24) is 30.7 Å². The molecule has 0 fully saturated rings. The molecule has 2 aromatic rings. The van der Waals surface area contributed by atoms with Gasteiger partial charge in [0.15, 0.2) is 0 Å². The number of aromatic amines is 1. The van der Waals surface area contributed by atoms with Crippen molar-refractivity contribution in [3.63, 3.8) is 0 Å². The van der Waals surface area contributed by atoms with Gasteiger partial charge in [0.05, 0.1) is 29.5 Å². The van der Waals surface area contributed by atoms with Gasteiger partial charge in [-0.2, -0.15) is 5.10 Å². The molecule has 1 aliphatic heterocycles. The average Bonchev–Trinajstić information content (AvgIpc) is 3.10. The van der Waals surface area contributed by atoms with Crippen LogP contribution in [0.1, 0.15) is 50.7 Å². The normalized spacial score (nSPS) is 17.2. The number of carbonyl (C=O) groups excluding carboxylic acids is 2. The van der Waals surface area contributed by atoms with E-state index in [4.69, 9.17) is 0 Å². The second-order valence-electron chi connectivity index (χ2n) is 8.05. The van der Waals surface area contributed by atoms with Crippen LogP contribution in [0.4, 0.5) is 4.79 Å². The van der Waals surface area contributed by atoms with E-state index < -0.39 is 6.04 Å². The molecule has 3 rings (SSSR count). The van der Waals surface area contributed by atoms with E-state index in [1.807, 2.05) is 12.1 Å². The van der Waals surface area contributed by atoms with E-state index in [1.165, 1.54) is 0 Å². The zero-order valence-corrected chi connectivity index (χ0v) is 16.8. The van der Waals surface area contributed by atoms with Crippen molar-refractivity contribution in [3.8, 4) is 0 Å². The number of H-pyrrole nitrogens is 1. The molecule has 28 heavy (non-hydrogen) atoms. The number of aromatic nitrogens is 3. The van der Waals surface area contributed by atoms with Crippen molar-refractivity contribution in [2.24, 2.45) is 0 Å². The second kappa shape index (κ2) is 7.46. The van der Waals surface area contributed by atoms with Crippen LogP contribution in [0, 0.1) is 0 Å². The summed E-state index contributed by atoms with van der Waals surface area (Å²) in [5.74, 6) is -0.175. The zero-order valence-electron chi connectivity index (χ0n) is 16.8. The van der Waals surface area contributed by atoms with Gasteiger partial charge in [-0.15, -0.1) is 0 Å². The Bertz CT molecular complexity index is 910. The summed E-state index contributed by atoms with van der Waals surface area (Å²) in [6, 6.07) is 4.71. The van der Waals surface area contributed by atoms with Crippen LogP contribution in [0.5, 0.6) is 0 Å². The number of hydrogen-bond acceptors (Lipinski definition) is 4. The van der Waals surface area contributed by atoms with Gasteiger partial charge in [0.2, 0.25) is 0 Å². The van der Waals surface area contributed by atoms with Crippen molar-refractivity contribution in [2.75, 3.05) is 7.05 Å². The van der Waals surface area contributed by atoms with Crippen molar-refractivity contribution in [1.29, 1.82) is 0 Å². The molecule has 0 saturated carbocycles. The lowest BCUT2D eigenvalue weighted by molar-refractivity contribution is -0.126. The number of likely N-dealkylation sites (N-methyl/N-ethyl adjacent to an activating group) is 1. The van der Waals surface area contributed by atoms with Gasteiger partial charge in [-0.25, -0.2) is 4.79 Å². The molecular weight excluding hydrogens is 356 g/mol. The molecule has 8 nitrogen and oxygen atoms in total. The molecule has 148 valence electrons. The molecule has 3 heterocycles. The second-order valence-corrected chi connectivity index (χ2v) is 8.05. The fourth-order valence-electron chi connectivity index (χ4n) is 3.13. The van der Waals surface area contributed by atoms with Gasteiger partial charge in [-0.05, 0) is 24.6 Å². The highest BCUT2D eigenvalue weighted by molar-refractivity contribution is 5.98. The Hall–Kier alpha value is -3.16. The number of amides is 3. The van der Waals surface area contributed by atoms with E-state index in [-0.39, 0.29) is 17.4 Å². The fraction of sp³-hybridized carbons (Fsp3) is 0.400. The molecule has 1 unspecified atom stereocenters. The first-order valence-corrected chi connectivity index (χ1v) is 9.15. The summed E-state index contributed by atoms with van der Waals surface area (Å²) in [7, 11) is 1.73. The Morgan fingerprint density at radius 3 is 2.68 bits per heavy atom. The Morgan fingerprint density at radius 2 is 2.07 bits per heavy atom. The number of pyridine rings is 1. The minimum atomic E-state index is -0.552. The molecule has 1 aliphatic rings. The molecule has 3 N–H and O–H groups in total. The number of hydrogen-bond donors (Lipinski definition) is 3. The number of nitrogens with one attached hydrogen (secondary N) is 3. The quantitative estimate of drug-likeness (QED) is 0.755. The van der Waals surface area contributed by atoms with E-state index in [1.54, 1.807) is 37.3 Å². The van der Waals surface area contributed by atoms with Crippen LogP contribution in [0.15, 0.2) is 41.9 Å². The summed E-state index contributed by atoms with van der Waals surface area (Å²) in [5, 5.41) is 12.9. The molecule has 3 amide bonds. The molecule has 1 atom stereocenters. The highest BCUT2D eigenvalue weighted by atomic mass is 16.2. The summed E-state index contributed by atoms with van der Waals surface area (Å²) < 4.78 is 0. The number of urea groups is 1. The number of allylic oxidation sites excluding steroid dienone is 1. The third kappa shape index (κ3) is 4.05. The molecular formula is C20H26N6O2. The van der Waals surface area contributed by atoms with Crippen LogP contribution in [0.25, 0.3) is 0 Å². The van der Waals surface area contributed by atoms with Crippen LogP contribution < -0.4 is 10.6 Å². The van der Waals surface area contributed by atoms with Gasteiger partial charge in [0.25, 0.3) is 5.91 Å². The van der Waals surface area contributed by atoms with E-state index in [0.717, 1.165) is 17.0 Å². The summed E-state index contributed by atoms with van der Waals surface area (Å²) in [5.41, 5.74) is 3.51. The van der Waals surface area contributed by atoms with Crippen molar-refractivity contribution < 1.29 is 9.59 Å².